The van der Waals surface area contributed by atoms with Gasteiger partial charge in [-0.2, -0.15) is 0 Å². The van der Waals surface area contributed by atoms with E-state index in [0.717, 1.165) is 0 Å². The number of likely N-dealkylation sites (tertiary alicyclic amines) is 1. The molecule has 1 atom stereocenters. The summed E-state index contributed by atoms with van der Waals surface area (Å²) in [4.78, 5) is 38.9. The summed E-state index contributed by atoms with van der Waals surface area (Å²) in [7, 11) is 1.27. The second-order valence-corrected chi connectivity index (χ2v) is 7.52. The number of ether oxygens (including phenoxy) is 1. The zero-order valence-electron chi connectivity index (χ0n) is 17.4. The molecule has 1 saturated heterocycles. The Kier molecular flexibility index (Phi) is 7.63. The molecule has 0 unspecified atom stereocenters. The summed E-state index contributed by atoms with van der Waals surface area (Å²) in [6.07, 6.45) is 0. The number of hydrogen-bond donors (Lipinski definition) is 3. The van der Waals surface area contributed by atoms with Gasteiger partial charge >= 0.3 is 5.97 Å². The fourth-order valence-electron chi connectivity index (χ4n) is 3.54. The fraction of sp³-hybridized carbons (Fsp3) is 0.261. The van der Waals surface area contributed by atoms with Crippen LogP contribution in [0.15, 0.2) is 54.1 Å². The number of carbonyl (C=O) groups is 3. The molecule has 2 aromatic carbocycles. The highest BCUT2D eigenvalue weighted by molar-refractivity contribution is 6.46. The minimum absolute atomic E-state index is 0.0506. The molecule has 1 fully saturated rings. The minimum Gasteiger partial charge on any atom is -0.507 e. The van der Waals surface area contributed by atoms with Crippen molar-refractivity contribution >= 4 is 35.0 Å². The highest BCUT2D eigenvalue weighted by Crippen LogP contribution is 2.39. The van der Waals surface area contributed by atoms with Gasteiger partial charge in [0.1, 0.15) is 5.76 Å². The Labute approximate surface area is 190 Å². The zero-order valence-corrected chi connectivity index (χ0v) is 18.1. The Morgan fingerprint density at radius 1 is 1.06 bits per heavy atom. The lowest BCUT2D eigenvalue weighted by Crippen LogP contribution is -2.36. The zero-order chi connectivity index (χ0) is 23.3. The van der Waals surface area contributed by atoms with Gasteiger partial charge in [-0.3, -0.25) is 9.59 Å². The molecule has 0 radical (unpaired) electrons. The second-order valence-electron chi connectivity index (χ2n) is 7.09. The highest BCUT2D eigenvalue weighted by atomic mass is 35.5. The first kappa shape index (κ1) is 23.5. The van der Waals surface area contributed by atoms with Crippen molar-refractivity contribution in [1.82, 2.24) is 10.2 Å². The molecule has 9 heteroatoms. The van der Waals surface area contributed by atoms with Crippen LogP contribution in [0.3, 0.4) is 0 Å². The molecule has 0 bridgehead atoms. The van der Waals surface area contributed by atoms with Crippen molar-refractivity contribution in [2.45, 2.75) is 6.04 Å². The number of Topliss-reactive ketones (excluding diaryl/α,β-unsaturated/α-hetero) is 1. The largest absolute Gasteiger partial charge is 0.507 e. The quantitative estimate of drug-likeness (QED) is 0.182. The number of benzene rings is 2. The van der Waals surface area contributed by atoms with Gasteiger partial charge < -0.3 is 25.2 Å². The number of esters is 1. The number of carbonyl (C=O) groups excluding carboxylic acids is 3. The number of aliphatic hydroxyl groups is 2. The van der Waals surface area contributed by atoms with E-state index in [1.54, 1.807) is 36.4 Å². The second kappa shape index (κ2) is 10.4. The van der Waals surface area contributed by atoms with Gasteiger partial charge in [-0.05, 0) is 42.0 Å². The number of ketones is 1. The van der Waals surface area contributed by atoms with Crippen LogP contribution < -0.4 is 5.32 Å². The first-order chi connectivity index (χ1) is 15.4. The van der Waals surface area contributed by atoms with Gasteiger partial charge in [-0.15, -0.1) is 0 Å². The Bertz CT molecular complexity index is 1030. The highest BCUT2D eigenvalue weighted by Gasteiger charge is 2.45. The van der Waals surface area contributed by atoms with E-state index in [-0.39, 0.29) is 24.5 Å². The first-order valence-electron chi connectivity index (χ1n) is 9.93. The maximum atomic E-state index is 12.9. The van der Waals surface area contributed by atoms with Gasteiger partial charge in [0.25, 0.3) is 11.7 Å². The van der Waals surface area contributed by atoms with Crippen LogP contribution in [0.2, 0.25) is 5.02 Å². The number of rotatable bonds is 8. The van der Waals surface area contributed by atoms with E-state index in [1.807, 2.05) is 0 Å². The summed E-state index contributed by atoms with van der Waals surface area (Å²) < 4.78 is 4.71. The SMILES string of the molecule is COC(=O)c1ccc([C@@H]2C(=C(O)c3ccc(Cl)cc3)C(=O)C(=O)N2CCNCCO)cc1. The number of aliphatic hydroxyl groups excluding tert-OH is 2. The minimum atomic E-state index is -0.853. The molecule has 3 rings (SSSR count). The molecule has 1 aliphatic heterocycles. The number of nitrogens with zero attached hydrogens (tertiary/aromatic N) is 1. The third-order valence-electron chi connectivity index (χ3n) is 5.12. The summed E-state index contributed by atoms with van der Waals surface area (Å²) in [5, 5.41) is 23.3. The van der Waals surface area contributed by atoms with Crippen molar-refractivity contribution in [3.8, 4) is 0 Å². The van der Waals surface area contributed by atoms with E-state index < -0.39 is 23.7 Å². The first-order valence-corrected chi connectivity index (χ1v) is 10.3. The molecule has 2 aromatic rings. The number of hydrogen-bond acceptors (Lipinski definition) is 7. The van der Waals surface area contributed by atoms with Crippen molar-refractivity contribution < 1.29 is 29.3 Å². The van der Waals surface area contributed by atoms with Crippen molar-refractivity contribution in [1.29, 1.82) is 0 Å². The molecule has 8 nitrogen and oxygen atoms in total. The maximum Gasteiger partial charge on any atom is 0.337 e. The molecule has 0 spiro atoms. The van der Waals surface area contributed by atoms with Gasteiger partial charge in [0.2, 0.25) is 0 Å². The topological polar surface area (TPSA) is 116 Å². The van der Waals surface area contributed by atoms with Crippen molar-refractivity contribution in [3.63, 3.8) is 0 Å². The van der Waals surface area contributed by atoms with E-state index in [0.29, 0.717) is 34.8 Å². The summed E-state index contributed by atoms with van der Waals surface area (Å²) >= 11 is 5.92. The normalized spacial score (nSPS) is 17.6. The third-order valence-corrected chi connectivity index (χ3v) is 5.38. The summed E-state index contributed by atoms with van der Waals surface area (Å²) in [6, 6.07) is 11.7. The Morgan fingerprint density at radius 2 is 1.69 bits per heavy atom. The van der Waals surface area contributed by atoms with E-state index in [4.69, 9.17) is 21.4 Å². The Morgan fingerprint density at radius 3 is 2.28 bits per heavy atom. The molecular formula is C23H23ClN2O6. The average Bonchev–Trinajstić information content (AvgIpc) is 3.06. The molecule has 3 N–H and O–H groups in total. The van der Waals surface area contributed by atoms with Crippen molar-refractivity contribution in [2.75, 3.05) is 33.4 Å². The monoisotopic (exact) mass is 458 g/mol. The lowest BCUT2D eigenvalue weighted by molar-refractivity contribution is -0.139. The van der Waals surface area contributed by atoms with Crippen LogP contribution in [0.5, 0.6) is 0 Å². The Balaban J connectivity index is 2.06. The lowest BCUT2D eigenvalue weighted by Gasteiger charge is -2.25. The van der Waals surface area contributed by atoms with Gasteiger partial charge in [0.05, 0.1) is 30.9 Å². The van der Waals surface area contributed by atoms with E-state index in [1.165, 1.54) is 24.1 Å². The molecule has 0 aromatic heterocycles. The number of nitrogens with one attached hydrogen (secondary N) is 1. The van der Waals surface area contributed by atoms with E-state index in [9.17, 15) is 19.5 Å². The standard InChI is InChI=1S/C23H23ClN2O6/c1-32-23(31)16-4-2-14(3-5-16)19-18(20(28)15-6-8-17(24)9-7-15)21(29)22(30)26(19)12-10-25-11-13-27/h2-9,19,25,27-28H,10-13H2,1H3/t19-/m1/s1. The summed E-state index contributed by atoms with van der Waals surface area (Å²) in [5.41, 5.74) is 1.16. The lowest BCUT2D eigenvalue weighted by atomic mass is 9.94. The van der Waals surface area contributed by atoms with Crippen LogP contribution in [-0.2, 0) is 14.3 Å². The van der Waals surface area contributed by atoms with Crippen LogP contribution in [-0.4, -0.2) is 66.1 Å². The fourth-order valence-corrected chi connectivity index (χ4v) is 3.67. The van der Waals surface area contributed by atoms with Gasteiger partial charge in [0, 0.05) is 30.2 Å². The van der Waals surface area contributed by atoms with Crippen LogP contribution >= 0.6 is 11.6 Å². The van der Waals surface area contributed by atoms with Gasteiger partial charge in [-0.1, -0.05) is 23.7 Å². The Hall–Kier alpha value is -3.20. The van der Waals surface area contributed by atoms with Gasteiger partial charge in [0.15, 0.2) is 0 Å². The third kappa shape index (κ3) is 4.83. The average molecular weight is 459 g/mol. The van der Waals surface area contributed by atoms with Crippen LogP contribution in [0.4, 0.5) is 0 Å². The van der Waals surface area contributed by atoms with Crippen LogP contribution in [0, 0.1) is 0 Å². The van der Waals surface area contributed by atoms with E-state index >= 15 is 0 Å². The molecule has 32 heavy (non-hydrogen) atoms. The molecular weight excluding hydrogens is 436 g/mol. The predicted molar refractivity (Wildman–Crippen MR) is 118 cm³/mol. The molecule has 1 aliphatic rings. The smallest absolute Gasteiger partial charge is 0.337 e. The molecule has 0 aliphatic carbocycles. The summed E-state index contributed by atoms with van der Waals surface area (Å²) in [5.74, 6) is -2.37. The van der Waals surface area contributed by atoms with E-state index in [2.05, 4.69) is 5.32 Å². The number of halogens is 1. The van der Waals surface area contributed by atoms with Crippen molar-refractivity contribution in [2.24, 2.45) is 0 Å². The molecule has 1 heterocycles. The van der Waals surface area contributed by atoms with Crippen LogP contribution in [0.1, 0.15) is 27.5 Å². The summed E-state index contributed by atoms with van der Waals surface area (Å²) in [6.45, 7) is 0.789. The molecule has 0 saturated carbocycles. The maximum absolute atomic E-state index is 12.9. The van der Waals surface area contributed by atoms with Crippen LogP contribution in [0.25, 0.3) is 5.76 Å². The number of amides is 1. The predicted octanol–water partition coefficient (Wildman–Crippen LogP) is 2.13. The molecule has 168 valence electrons. The van der Waals surface area contributed by atoms with Crippen molar-refractivity contribution in [3.05, 3.63) is 75.8 Å². The molecule has 1 amide bonds. The number of methoxy groups -OCH3 is 1. The van der Waals surface area contributed by atoms with Gasteiger partial charge in [-0.25, -0.2) is 4.79 Å².